The fraction of sp³-hybridized carbons (Fsp3) is 1.00. The lowest BCUT2D eigenvalue weighted by Gasteiger charge is -2.37. The summed E-state index contributed by atoms with van der Waals surface area (Å²) in [7, 11) is 0. The average molecular weight is 141 g/mol. The van der Waals surface area contributed by atoms with E-state index in [-0.39, 0.29) is 5.54 Å². The molecule has 1 heteroatoms. The van der Waals surface area contributed by atoms with Crippen LogP contribution in [-0.4, -0.2) is 5.54 Å². The van der Waals surface area contributed by atoms with E-state index >= 15 is 0 Å². The summed E-state index contributed by atoms with van der Waals surface area (Å²) in [6, 6.07) is 0. The van der Waals surface area contributed by atoms with Crippen LogP contribution >= 0.6 is 0 Å². The van der Waals surface area contributed by atoms with Crippen molar-refractivity contribution in [1.29, 1.82) is 0 Å². The first kappa shape index (κ1) is 8.06. The highest BCUT2D eigenvalue weighted by atomic mass is 14.7. The van der Waals surface area contributed by atoms with Gasteiger partial charge in [-0.3, -0.25) is 0 Å². The Bertz CT molecular complexity index is 118. The molecule has 0 saturated heterocycles. The zero-order chi connectivity index (χ0) is 7.78. The van der Waals surface area contributed by atoms with E-state index in [1.807, 2.05) is 0 Å². The van der Waals surface area contributed by atoms with Crippen LogP contribution in [-0.2, 0) is 0 Å². The normalized spacial score (nSPS) is 49.2. The molecule has 1 nitrogen and oxygen atoms in total. The molecule has 0 aliphatic heterocycles. The van der Waals surface area contributed by atoms with Crippen molar-refractivity contribution < 1.29 is 0 Å². The van der Waals surface area contributed by atoms with Gasteiger partial charge in [0.1, 0.15) is 0 Å². The minimum Gasteiger partial charge on any atom is -0.325 e. The maximum atomic E-state index is 6.03. The fourth-order valence-corrected chi connectivity index (χ4v) is 1.88. The van der Waals surface area contributed by atoms with E-state index in [4.69, 9.17) is 5.73 Å². The highest BCUT2D eigenvalue weighted by molar-refractivity contribution is 4.87. The maximum absolute atomic E-state index is 6.03. The van der Waals surface area contributed by atoms with Gasteiger partial charge in [0.15, 0.2) is 0 Å². The number of rotatable bonds is 0. The van der Waals surface area contributed by atoms with Gasteiger partial charge in [0.05, 0.1) is 0 Å². The Hall–Kier alpha value is -0.0400. The Kier molecular flexibility index (Phi) is 2.04. The highest BCUT2D eigenvalue weighted by Gasteiger charge is 2.29. The third kappa shape index (κ3) is 1.72. The van der Waals surface area contributed by atoms with Crippen molar-refractivity contribution in [2.24, 2.45) is 17.6 Å². The topological polar surface area (TPSA) is 26.0 Å². The first-order valence-electron chi connectivity index (χ1n) is 4.30. The average Bonchev–Trinajstić information content (AvgIpc) is 1.79. The molecular formula is C9H19N. The third-order valence-electron chi connectivity index (χ3n) is 2.93. The van der Waals surface area contributed by atoms with Gasteiger partial charge in [-0.05, 0) is 38.0 Å². The summed E-state index contributed by atoms with van der Waals surface area (Å²) >= 11 is 0. The standard InChI is InChI=1S/C9H19N/c1-7-4-5-9(3,10)6-8(7)2/h7-8H,4-6,10H2,1-3H3. The summed E-state index contributed by atoms with van der Waals surface area (Å²) in [4.78, 5) is 0. The molecule has 0 aromatic heterocycles. The maximum Gasteiger partial charge on any atom is 0.0128 e. The molecule has 3 unspecified atom stereocenters. The van der Waals surface area contributed by atoms with Crippen LogP contribution in [0.25, 0.3) is 0 Å². The molecule has 3 atom stereocenters. The van der Waals surface area contributed by atoms with E-state index in [1.165, 1.54) is 19.3 Å². The number of hydrogen-bond acceptors (Lipinski definition) is 1. The lowest BCUT2D eigenvalue weighted by molar-refractivity contribution is 0.190. The Morgan fingerprint density at radius 3 is 2.30 bits per heavy atom. The zero-order valence-corrected chi connectivity index (χ0v) is 7.35. The van der Waals surface area contributed by atoms with Gasteiger partial charge in [0, 0.05) is 5.54 Å². The Labute approximate surface area is 64.0 Å². The number of hydrogen-bond donors (Lipinski definition) is 1. The molecule has 10 heavy (non-hydrogen) atoms. The van der Waals surface area contributed by atoms with Gasteiger partial charge in [0.25, 0.3) is 0 Å². The first-order valence-corrected chi connectivity index (χ1v) is 4.30. The summed E-state index contributed by atoms with van der Waals surface area (Å²) in [5.74, 6) is 1.71. The molecule has 0 aromatic rings. The Morgan fingerprint density at radius 1 is 1.30 bits per heavy atom. The molecular weight excluding hydrogens is 122 g/mol. The SMILES string of the molecule is CC1CCC(C)(N)CC1C. The molecule has 2 N–H and O–H groups in total. The molecule has 1 rings (SSSR count). The van der Waals surface area contributed by atoms with Gasteiger partial charge >= 0.3 is 0 Å². The van der Waals surface area contributed by atoms with Crippen LogP contribution in [0.1, 0.15) is 40.0 Å². The predicted octanol–water partition coefficient (Wildman–Crippen LogP) is 2.16. The lowest BCUT2D eigenvalue weighted by Crippen LogP contribution is -2.42. The fourth-order valence-electron chi connectivity index (χ4n) is 1.88. The molecule has 60 valence electrons. The molecule has 1 saturated carbocycles. The van der Waals surface area contributed by atoms with Gasteiger partial charge in [-0.25, -0.2) is 0 Å². The molecule has 0 amide bonds. The van der Waals surface area contributed by atoms with Crippen LogP contribution in [0.5, 0.6) is 0 Å². The molecule has 0 aromatic carbocycles. The second-order valence-corrected chi connectivity index (χ2v) is 4.35. The van der Waals surface area contributed by atoms with Crippen molar-refractivity contribution >= 4 is 0 Å². The summed E-state index contributed by atoms with van der Waals surface area (Å²) < 4.78 is 0. The van der Waals surface area contributed by atoms with Crippen molar-refractivity contribution in [2.75, 3.05) is 0 Å². The van der Waals surface area contributed by atoms with Crippen molar-refractivity contribution in [3.63, 3.8) is 0 Å². The van der Waals surface area contributed by atoms with Crippen molar-refractivity contribution in [1.82, 2.24) is 0 Å². The Balaban J connectivity index is 2.49. The number of nitrogens with two attached hydrogens (primary N) is 1. The van der Waals surface area contributed by atoms with Gasteiger partial charge in [-0.2, -0.15) is 0 Å². The smallest absolute Gasteiger partial charge is 0.0128 e. The van der Waals surface area contributed by atoms with E-state index < -0.39 is 0 Å². The Morgan fingerprint density at radius 2 is 1.90 bits per heavy atom. The van der Waals surface area contributed by atoms with Crippen molar-refractivity contribution in [3.05, 3.63) is 0 Å². The molecule has 0 radical (unpaired) electrons. The van der Waals surface area contributed by atoms with Crippen LogP contribution in [0.4, 0.5) is 0 Å². The van der Waals surface area contributed by atoms with Gasteiger partial charge < -0.3 is 5.73 Å². The summed E-state index contributed by atoms with van der Waals surface area (Å²) in [6.07, 6.45) is 3.72. The van der Waals surface area contributed by atoms with Crippen molar-refractivity contribution in [3.8, 4) is 0 Å². The molecule has 0 spiro atoms. The summed E-state index contributed by atoms with van der Waals surface area (Å²) in [5.41, 5.74) is 6.16. The second kappa shape index (κ2) is 2.54. The zero-order valence-electron chi connectivity index (χ0n) is 7.35. The molecule has 1 aliphatic rings. The van der Waals surface area contributed by atoms with Crippen LogP contribution < -0.4 is 5.73 Å². The monoisotopic (exact) mass is 141 g/mol. The van der Waals surface area contributed by atoms with E-state index in [2.05, 4.69) is 20.8 Å². The van der Waals surface area contributed by atoms with Gasteiger partial charge in [-0.15, -0.1) is 0 Å². The minimum atomic E-state index is 0.131. The first-order chi connectivity index (χ1) is 4.51. The van der Waals surface area contributed by atoms with Crippen LogP contribution in [0, 0.1) is 11.8 Å². The van der Waals surface area contributed by atoms with E-state index in [0.29, 0.717) is 0 Å². The second-order valence-electron chi connectivity index (χ2n) is 4.35. The summed E-state index contributed by atoms with van der Waals surface area (Å²) in [5, 5.41) is 0. The molecule has 1 fully saturated rings. The van der Waals surface area contributed by atoms with Gasteiger partial charge in [0.2, 0.25) is 0 Å². The predicted molar refractivity (Wildman–Crippen MR) is 44.8 cm³/mol. The molecule has 1 aliphatic carbocycles. The molecule has 0 bridgehead atoms. The van der Waals surface area contributed by atoms with E-state index in [9.17, 15) is 0 Å². The third-order valence-corrected chi connectivity index (χ3v) is 2.93. The van der Waals surface area contributed by atoms with E-state index in [0.717, 1.165) is 11.8 Å². The van der Waals surface area contributed by atoms with Crippen LogP contribution in [0.2, 0.25) is 0 Å². The molecule has 0 heterocycles. The van der Waals surface area contributed by atoms with Crippen LogP contribution in [0.15, 0.2) is 0 Å². The van der Waals surface area contributed by atoms with Crippen LogP contribution in [0.3, 0.4) is 0 Å². The quantitative estimate of drug-likeness (QED) is 0.549. The highest BCUT2D eigenvalue weighted by Crippen LogP contribution is 2.33. The lowest BCUT2D eigenvalue weighted by atomic mass is 9.73. The van der Waals surface area contributed by atoms with Gasteiger partial charge in [-0.1, -0.05) is 13.8 Å². The van der Waals surface area contributed by atoms with E-state index in [1.54, 1.807) is 0 Å². The summed E-state index contributed by atoms with van der Waals surface area (Å²) in [6.45, 7) is 6.82. The largest absolute Gasteiger partial charge is 0.325 e. The van der Waals surface area contributed by atoms with Crippen molar-refractivity contribution in [2.45, 2.75) is 45.6 Å². The minimum absolute atomic E-state index is 0.131.